The zero-order valence-corrected chi connectivity index (χ0v) is 12.1. The van der Waals surface area contributed by atoms with Crippen LogP contribution in [0.15, 0.2) is 24.3 Å². The van der Waals surface area contributed by atoms with Gasteiger partial charge < -0.3 is 10.5 Å². The molecule has 0 amide bonds. The van der Waals surface area contributed by atoms with Gasteiger partial charge in [0.15, 0.2) is 0 Å². The molecule has 0 aromatic heterocycles. The maximum absolute atomic E-state index is 6.20. The summed E-state index contributed by atoms with van der Waals surface area (Å²) in [6, 6.07) is 8.69. The Morgan fingerprint density at radius 2 is 1.89 bits per heavy atom. The molecule has 2 N–H and O–H groups in total. The summed E-state index contributed by atoms with van der Waals surface area (Å²) in [5.74, 6) is 1.62. The number of benzene rings is 1. The van der Waals surface area contributed by atoms with Crippen molar-refractivity contribution in [2.45, 2.75) is 57.9 Å². The van der Waals surface area contributed by atoms with Gasteiger partial charge in [0.1, 0.15) is 12.4 Å². The zero-order valence-electron chi connectivity index (χ0n) is 12.1. The van der Waals surface area contributed by atoms with Crippen LogP contribution in [0, 0.1) is 5.92 Å². The number of aryl methyl sites for hydroxylation is 1. The Morgan fingerprint density at radius 3 is 2.53 bits per heavy atom. The van der Waals surface area contributed by atoms with Crippen LogP contribution in [0.5, 0.6) is 5.75 Å². The van der Waals surface area contributed by atoms with E-state index in [4.69, 9.17) is 10.5 Å². The highest BCUT2D eigenvalue weighted by Crippen LogP contribution is 2.27. The Hall–Kier alpha value is -1.02. The molecule has 1 aliphatic carbocycles. The summed E-state index contributed by atoms with van der Waals surface area (Å²) in [7, 11) is 0. The lowest BCUT2D eigenvalue weighted by atomic mass is 10.00. The minimum absolute atomic E-state index is 0.197. The van der Waals surface area contributed by atoms with Crippen molar-refractivity contribution in [2.75, 3.05) is 6.61 Å². The first-order valence-electron chi connectivity index (χ1n) is 7.77. The van der Waals surface area contributed by atoms with Crippen LogP contribution in [0.3, 0.4) is 0 Å². The van der Waals surface area contributed by atoms with Gasteiger partial charge >= 0.3 is 0 Å². The molecular formula is C17H27NO. The highest BCUT2D eigenvalue weighted by molar-refractivity contribution is 5.27. The topological polar surface area (TPSA) is 35.2 Å². The first-order valence-corrected chi connectivity index (χ1v) is 7.77. The number of ether oxygens (including phenoxy) is 1. The van der Waals surface area contributed by atoms with Crippen LogP contribution in [0.2, 0.25) is 0 Å². The van der Waals surface area contributed by atoms with Crippen molar-refractivity contribution in [1.29, 1.82) is 0 Å². The smallest absolute Gasteiger partial charge is 0.119 e. The monoisotopic (exact) mass is 261 g/mol. The molecule has 0 spiro atoms. The molecule has 1 fully saturated rings. The number of hydrogen-bond acceptors (Lipinski definition) is 2. The minimum Gasteiger partial charge on any atom is -0.492 e. The quantitative estimate of drug-likeness (QED) is 0.807. The van der Waals surface area contributed by atoms with E-state index in [2.05, 4.69) is 31.2 Å². The van der Waals surface area contributed by atoms with Crippen molar-refractivity contribution in [3.8, 4) is 5.75 Å². The van der Waals surface area contributed by atoms with Crippen molar-refractivity contribution in [3.05, 3.63) is 29.8 Å². The molecule has 19 heavy (non-hydrogen) atoms. The van der Waals surface area contributed by atoms with E-state index in [-0.39, 0.29) is 6.04 Å². The molecule has 0 heterocycles. The Balaban J connectivity index is 1.75. The average Bonchev–Trinajstić information content (AvgIpc) is 2.98. The summed E-state index contributed by atoms with van der Waals surface area (Å²) in [6.07, 6.45) is 8.90. The molecule has 1 unspecified atom stereocenters. The van der Waals surface area contributed by atoms with Crippen LogP contribution in [0.25, 0.3) is 0 Å². The normalized spacial score (nSPS) is 17.6. The lowest BCUT2D eigenvalue weighted by Crippen LogP contribution is -2.34. The van der Waals surface area contributed by atoms with Crippen molar-refractivity contribution in [3.63, 3.8) is 0 Å². The third-order valence-electron chi connectivity index (χ3n) is 4.19. The highest BCUT2D eigenvalue weighted by atomic mass is 16.5. The molecule has 0 aliphatic heterocycles. The van der Waals surface area contributed by atoms with E-state index in [1.165, 1.54) is 50.5 Å². The number of hydrogen-bond donors (Lipinski definition) is 1. The van der Waals surface area contributed by atoms with Gasteiger partial charge in [-0.1, -0.05) is 38.3 Å². The summed E-state index contributed by atoms with van der Waals surface area (Å²) in [4.78, 5) is 0. The third-order valence-corrected chi connectivity index (χ3v) is 4.19. The summed E-state index contributed by atoms with van der Waals surface area (Å²) in [5.41, 5.74) is 7.59. The van der Waals surface area contributed by atoms with Gasteiger partial charge in [0.05, 0.1) is 0 Å². The largest absolute Gasteiger partial charge is 0.492 e. The lowest BCUT2D eigenvalue weighted by Gasteiger charge is -2.19. The lowest BCUT2D eigenvalue weighted by molar-refractivity contribution is 0.247. The molecule has 2 nitrogen and oxygen atoms in total. The Labute approximate surface area is 117 Å². The fourth-order valence-electron chi connectivity index (χ4n) is 2.85. The molecular weight excluding hydrogens is 234 g/mol. The van der Waals surface area contributed by atoms with Gasteiger partial charge in [0.25, 0.3) is 0 Å². The van der Waals surface area contributed by atoms with E-state index < -0.39 is 0 Å². The first kappa shape index (κ1) is 14.4. The first-order chi connectivity index (χ1) is 9.29. The number of unbranched alkanes of at least 4 members (excludes halogenated alkanes) is 1. The summed E-state index contributed by atoms with van der Waals surface area (Å²) >= 11 is 0. The number of nitrogens with two attached hydrogens (primary N) is 1. The maximum Gasteiger partial charge on any atom is 0.119 e. The third kappa shape index (κ3) is 4.54. The van der Waals surface area contributed by atoms with Gasteiger partial charge in [-0.3, -0.25) is 0 Å². The van der Waals surface area contributed by atoms with Crippen molar-refractivity contribution in [2.24, 2.45) is 11.7 Å². The van der Waals surface area contributed by atoms with Crippen LogP contribution in [0.4, 0.5) is 0 Å². The molecule has 2 heteroatoms. The predicted octanol–water partition coefficient (Wildman–Crippen LogP) is 3.93. The van der Waals surface area contributed by atoms with Crippen molar-refractivity contribution < 1.29 is 4.74 Å². The molecule has 106 valence electrons. The van der Waals surface area contributed by atoms with E-state index in [0.717, 1.165) is 5.75 Å². The molecule has 1 saturated carbocycles. The molecule has 0 bridgehead atoms. The van der Waals surface area contributed by atoms with Crippen LogP contribution in [0.1, 0.15) is 51.0 Å². The highest BCUT2D eigenvalue weighted by Gasteiger charge is 2.22. The predicted molar refractivity (Wildman–Crippen MR) is 80.5 cm³/mol. The van der Waals surface area contributed by atoms with Crippen molar-refractivity contribution in [1.82, 2.24) is 0 Å². The number of rotatable bonds is 7. The standard InChI is InChI=1S/C17H27NO/c1-2-3-6-14-9-11-16(12-10-14)19-13-17(18)15-7-4-5-8-15/h9-12,15,17H,2-8,13,18H2,1H3. The fourth-order valence-corrected chi connectivity index (χ4v) is 2.85. The second kappa shape index (κ2) is 7.54. The van der Waals surface area contributed by atoms with E-state index in [0.29, 0.717) is 12.5 Å². The van der Waals surface area contributed by atoms with Crippen LogP contribution < -0.4 is 10.5 Å². The maximum atomic E-state index is 6.20. The van der Waals surface area contributed by atoms with E-state index in [9.17, 15) is 0 Å². The molecule has 2 rings (SSSR count). The molecule has 1 aromatic carbocycles. The van der Waals surface area contributed by atoms with E-state index in [1.54, 1.807) is 0 Å². The molecule has 1 aliphatic rings. The van der Waals surface area contributed by atoms with Gasteiger partial charge in [0.2, 0.25) is 0 Å². The zero-order chi connectivity index (χ0) is 13.5. The van der Waals surface area contributed by atoms with Gasteiger partial charge in [-0.25, -0.2) is 0 Å². The van der Waals surface area contributed by atoms with Gasteiger partial charge in [-0.05, 0) is 49.3 Å². The summed E-state index contributed by atoms with van der Waals surface area (Å²) in [6.45, 7) is 2.88. The summed E-state index contributed by atoms with van der Waals surface area (Å²) in [5, 5.41) is 0. The Bertz CT molecular complexity index is 354. The van der Waals surface area contributed by atoms with E-state index in [1.807, 2.05) is 0 Å². The molecule has 0 saturated heterocycles. The van der Waals surface area contributed by atoms with Crippen LogP contribution >= 0.6 is 0 Å². The molecule has 1 atom stereocenters. The Morgan fingerprint density at radius 1 is 1.21 bits per heavy atom. The minimum atomic E-state index is 0.197. The van der Waals surface area contributed by atoms with Gasteiger partial charge in [-0.15, -0.1) is 0 Å². The second-order valence-electron chi connectivity index (χ2n) is 5.77. The fraction of sp³-hybridized carbons (Fsp3) is 0.647. The molecule has 0 radical (unpaired) electrons. The van der Waals surface area contributed by atoms with Crippen LogP contribution in [-0.4, -0.2) is 12.6 Å². The summed E-state index contributed by atoms with van der Waals surface area (Å²) < 4.78 is 5.81. The molecule has 1 aromatic rings. The SMILES string of the molecule is CCCCc1ccc(OCC(N)C2CCCC2)cc1. The van der Waals surface area contributed by atoms with Crippen LogP contribution in [-0.2, 0) is 6.42 Å². The Kier molecular flexibility index (Phi) is 5.71. The van der Waals surface area contributed by atoms with E-state index >= 15 is 0 Å². The van der Waals surface area contributed by atoms with Gasteiger partial charge in [-0.2, -0.15) is 0 Å². The van der Waals surface area contributed by atoms with Crippen molar-refractivity contribution >= 4 is 0 Å². The average molecular weight is 261 g/mol. The second-order valence-corrected chi connectivity index (χ2v) is 5.77. The van der Waals surface area contributed by atoms with Gasteiger partial charge in [0, 0.05) is 6.04 Å².